The lowest BCUT2D eigenvalue weighted by atomic mass is 10.2. The van der Waals surface area contributed by atoms with Crippen molar-refractivity contribution in [2.45, 2.75) is 6.54 Å². The van der Waals surface area contributed by atoms with Gasteiger partial charge in [0.05, 0.1) is 21.5 Å². The number of aromatic hydroxyl groups is 1. The smallest absolute Gasteiger partial charge is 0.266 e. The molecule has 2 heterocycles. The predicted molar refractivity (Wildman–Crippen MR) is 101 cm³/mol. The molecule has 0 atom stereocenters. The van der Waals surface area contributed by atoms with Crippen molar-refractivity contribution < 1.29 is 9.90 Å². The largest absolute Gasteiger partial charge is 0.505 e. The normalized spacial score (nSPS) is 16.2. The van der Waals surface area contributed by atoms with Crippen LogP contribution >= 0.6 is 47.2 Å². The van der Waals surface area contributed by atoms with E-state index in [-0.39, 0.29) is 21.7 Å². The third-order valence-electron chi connectivity index (χ3n) is 3.27. The Labute approximate surface area is 158 Å². The summed E-state index contributed by atoms with van der Waals surface area (Å²) in [5.74, 6) is -0.367. The van der Waals surface area contributed by atoms with Crippen molar-refractivity contribution in [1.82, 2.24) is 9.88 Å². The summed E-state index contributed by atoms with van der Waals surface area (Å²) in [7, 11) is 0. The van der Waals surface area contributed by atoms with Gasteiger partial charge in [0.2, 0.25) is 0 Å². The molecule has 0 unspecified atom stereocenters. The van der Waals surface area contributed by atoms with Gasteiger partial charge in [0.15, 0.2) is 5.75 Å². The van der Waals surface area contributed by atoms with E-state index >= 15 is 0 Å². The first-order valence-corrected chi connectivity index (χ1v) is 8.76. The number of phenols is 1. The molecule has 1 aromatic carbocycles. The quantitative estimate of drug-likeness (QED) is 0.611. The molecule has 1 amide bonds. The maximum absolute atomic E-state index is 12.6. The number of thiocarbonyl (C=S) groups is 1. The van der Waals surface area contributed by atoms with Crippen LogP contribution in [0, 0.1) is 0 Å². The lowest BCUT2D eigenvalue weighted by Gasteiger charge is -2.13. The van der Waals surface area contributed by atoms with Crippen LogP contribution in [-0.2, 0) is 11.3 Å². The second-order valence-electron chi connectivity index (χ2n) is 4.96. The summed E-state index contributed by atoms with van der Waals surface area (Å²) in [5.41, 5.74) is 1.51. The van der Waals surface area contributed by atoms with Gasteiger partial charge < -0.3 is 5.11 Å². The van der Waals surface area contributed by atoms with Crippen LogP contribution in [0.5, 0.6) is 5.75 Å². The third-order valence-corrected chi connectivity index (χ3v) is 5.23. The fourth-order valence-electron chi connectivity index (χ4n) is 2.13. The number of halogens is 2. The standard InChI is InChI=1S/C16H10Cl2N2O2S2/c17-11-4-10(5-12(18)14(11)21)6-13-15(22)20(16(23)24-13)8-9-2-1-3-19-7-9/h1-7,21H,8H2. The minimum Gasteiger partial charge on any atom is -0.505 e. The molecule has 1 aromatic heterocycles. The summed E-state index contributed by atoms with van der Waals surface area (Å²) in [4.78, 5) is 18.6. The lowest BCUT2D eigenvalue weighted by Crippen LogP contribution is -2.27. The lowest BCUT2D eigenvalue weighted by molar-refractivity contribution is -0.122. The molecule has 1 fully saturated rings. The molecule has 0 aliphatic carbocycles. The van der Waals surface area contributed by atoms with Crippen LogP contribution in [0.1, 0.15) is 11.1 Å². The summed E-state index contributed by atoms with van der Waals surface area (Å²) < 4.78 is 0.478. The van der Waals surface area contributed by atoms with E-state index in [0.717, 1.165) is 5.56 Å². The zero-order valence-electron chi connectivity index (χ0n) is 12.1. The highest BCUT2D eigenvalue weighted by molar-refractivity contribution is 8.26. The van der Waals surface area contributed by atoms with Gasteiger partial charge in [-0.3, -0.25) is 14.7 Å². The molecule has 0 radical (unpaired) electrons. The average molecular weight is 397 g/mol. The molecule has 3 rings (SSSR count). The monoisotopic (exact) mass is 396 g/mol. The Morgan fingerprint density at radius 1 is 1.33 bits per heavy atom. The average Bonchev–Trinajstić information content (AvgIpc) is 2.81. The molecule has 0 spiro atoms. The number of phenolic OH excluding ortho intramolecular Hbond substituents is 1. The number of carbonyl (C=O) groups excluding carboxylic acids is 1. The van der Waals surface area contributed by atoms with Gasteiger partial charge in [-0.25, -0.2) is 0 Å². The van der Waals surface area contributed by atoms with E-state index in [9.17, 15) is 9.90 Å². The van der Waals surface area contributed by atoms with Crippen molar-refractivity contribution in [3.63, 3.8) is 0 Å². The number of hydrogen-bond acceptors (Lipinski definition) is 5. The van der Waals surface area contributed by atoms with Gasteiger partial charge >= 0.3 is 0 Å². The number of aromatic nitrogens is 1. The van der Waals surface area contributed by atoms with Crippen molar-refractivity contribution in [3.8, 4) is 5.75 Å². The van der Waals surface area contributed by atoms with E-state index in [1.165, 1.54) is 28.8 Å². The fraction of sp³-hybridized carbons (Fsp3) is 0.0625. The van der Waals surface area contributed by atoms with Crippen molar-refractivity contribution in [3.05, 3.63) is 62.7 Å². The van der Waals surface area contributed by atoms with Crippen LogP contribution in [0.15, 0.2) is 41.6 Å². The predicted octanol–water partition coefficient (Wildman–Crippen LogP) is 4.50. The Hall–Kier alpha value is -1.60. The molecule has 24 heavy (non-hydrogen) atoms. The highest BCUT2D eigenvalue weighted by Gasteiger charge is 2.32. The van der Waals surface area contributed by atoms with Gasteiger partial charge in [-0.15, -0.1) is 0 Å². The van der Waals surface area contributed by atoms with E-state index < -0.39 is 0 Å². The van der Waals surface area contributed by atoms with Crippen molar-refractivity contribution >= 4 is 63.5 Å². The molecule has 1 saturated heterocycles. The first-order valence-electron chi connectivity index (χ1n) is 6.78. The van der Waals surface area contributed by atoms with Crippen LogP contribution in [0.3, 0.4) is 0 Å². The van der Waals surface area contributed by atoms with Crippen molar-refractivity contribution in [1.29, 1.82) is 0 Å². The second kappa shape index (κ2) is 7.11. The van der Waals surface area contributed by atoms with Crippen molar-refractivity contribution in [2.75, 3.05) is 0 Å². The molecule has 1 aliphatic rings. The molecule has 1 N–H and O–H groups in total. The van der Waals surface area contributed by atoms with Crippen LogP contribution in [-0.4, -0.2) is 25.2 Å². The number of rotatable bonds is 3. The van der Waals surface area contributed by atoms with Gasteiger partial charge in [0, 0.05) is 12.4 Å². The van der Waals surface area contributed by atoms with Crippen LogP contribution < -0.4 is 0 Å². The molecule has 4 nitrogen and oxygen atoms in total. The second-order valence-corrected chi connectivity index (χ2v) is 7.45. The summed E-state index contributed by atoms with van der Waals surface area (Å²) >= 11 is 18.3. The minimum atomic E-state index is -0.186. The van der Waals surface area contributed by atoms with E-state index in [4.69, 9.17) is 35.4 Å². The summed E-state index contributed by atoms with van der Waals surface area (Å²) in [6, 6.07) is 6.77. The maximum atomic E-state index is 12.6. The molecule has 2 aromatic rings. The molecular weight excluding hydrogens is 387 g/mol. The number of carbonyl (C=O) groups is 1. The summed E-state index contributed by atoms with van der Waals surface area (Å²) in [6.07, 6.45) is 5.02. The van der Waals surface area contributed by atoms with Crippen molar-refractivity contribution in [2.24, 2.45) is 0 Å². The Morgan fingerprint density at radius 3 is 2.67 bits per heavy atom. The van der Waals surface area contributed by atoms with Crippen LogP contribution in [0.25, 0.3) is 6.08 Å². The zero-order chi connectivity index (χ0) is 17.3. The summed E-state index contributed by atoms with van der Waals surface area (Å²) in [6.45, 7) is 0.368. The van der Waals surface area contributed by atoms with Gasteiger partial charge in [-0.05, 0) is 35.4 Å². The first kappa shape index (κ1) is 17.2. The first-order chi connectivity index (χ1) is 11.5. The maximum Gasteiger partial charge on any atom is 0.266 e. The SMILES string of the molecule is O=C1C(=Cc2cc(Cl)c(O)c(Cl)c2)SC(=S)N1Cc1cccnc1. The molecule has 1 aliphatic heterocycles. The van der Waals surface area contributed by atoms with E-state index in [1.54, 1.807) is 18.5 Å². The Morgan fingerprint density at radius 2 is 2.04 bits per heavy atom. The minimum absolute atomic E-state index is 0.125. The van der Waals surface area contributed by atoms with Gasteiger partial charge in [0.25, 0.3) is 5.91 Å². The number of hydrogen-bond donors (Lipinski definition) is 1. The van der Waals surface area contributed by atoms with Crippen LogP contribution in [0.2, 0.25) is 10.0 Å². The highest BCUT2D eigenvalue weighted by Crippen LogP contribution is 2.37. The third kappa shape index (κ3) is 3.57. The number of benzene rings is 1. The molecule has 122 valence electrons. The number of pyridine rings is 1. The van der Waals surface area contributed by atoms with Gasteiger partial charge in [-0.2, -0.15) is 0 Å². The number of amides is 1. The highest BCUT2D eigenvalue weighted by atomic mass is 35.5. The Balaban J connectivity index is 1.86. The topological polar surface area (TPSA) is 53.4 Å². The van der Waals surface area contributed by atoms with E-state index in [2.05, 4.69) is 4.98 Å². The fourth-order valence-corrected chi connectivity index (χ4v) is 3.89. The van der Waals surface area contributed by atoms with Gasteiger partial charge in [0.1, 0.15) is 4.32 Å². The summed E-state index contributed by atoms with van der Waals surface area (Å²) in [5, 5.41) is 9.85. The number of nitrogens with zero attached hydrogens (tertiary/aromatic N) is 2. The van der Waals surface area contributed by atoms with E-state index in [1.807, 2.05) is 12.1 Å². The van der Waals surface area contributed by atoms with Gasteiger partial charge in [-0.1, -0.05) is 53.2 Å². The zero-order valence-corrected chi connectivity index (χ0v) is 15.2. The van der Waals surface area contributed by atoms with Crippen LogP contribution in [0.4, 0.5) is 0 Å². The molecule has 8 heteroatoms. The Bertz CT molecular complexity index is 833. The molecular formula is C16H10Cl2N2O2S2. The molecule has 0 bridgehead atoms. The Kier molecular flexibility index (Phi) is 5.10. The molecule has 0 saturated carbocycles. The number of thioether (sulfide) groups is 1. The van der Waals surface area contributed by atoms with E-state index in [0.29, 0.717) is 21.3 Å².